The Labute approximate surface area is 130 Å². The molecule has 8 heteroatoms. The van der Waals surface area contributed by atoms with Crippen LogP contribution in [0.15, 0.2) is 30.6 Å². The van der Waals surface area contributed by atoms with Crippen LogP contribution in [0, 0.1) is 0 Å². The molecule has 0 radical (unpaired) electrons. The molecule has 2 rings (SSSR count). The fourth-order valence-electron chi connectivity index (χ4n) is 1.61. The van der Waals surface area contributed by atoms with Crippen LogP contribution in [-0.2, 0) is 4.79 Å². The Bertz CT molecular complexity index is 679. The highest BCUT2D eigenvalue weighted by Crippen LogP contribution is 2.23. The Morgan fingerprint density at radius 3 is 2.48 bits per heavy atom. The lowest BCUT2D eigenvalue weighted by atomic mass is 10.3. The number of halogens is 2. The van der Waals surface area contributed by atoms with Crippen molar-refractivity contribution in [3.8, 4) is 0 Å². The van der Waals surface area contributed by atoms with Crippen LogP contribution in [0.1, 0.15) is 23.3 Å². The van der Waals surface area contributed by atoms with Crippen LogP contribution in [0.5, 0.6) is 0 Å². The van der Waals surface area contributed by atoms with E-state index in [-0.39, 0.29) is 5.56 Å². The zero-order valence-corrected chi connectivity index (χ0v) is 12.4. The Morgan fingerprint density at radius 1 is 1.29 bits per heavy atom. The fraction of sp³-hybridized carbons (Fsp3) is 0.154. The number of carboxylic acid groups (broad SMARTS) is 1. The minimum atomic E-state index is -1.04. The standard InChI is InChI=1S/C13H11Cl2N3O3/c1-7(13(20)21)18-6-8(5-16-18)12(19)17-11-3-9(14)2-10(15)4-11/h2-7H,1H3,(H,17,19)(H,20,21). The summed E-state index contributed by atoms with van der Waals surface area (Å²) in [5.74, 6) is -1.47. The van der Waals surface area contributed by atoms with Crippen LogP contribution in [0.2, 0.25) is 10.0 Å². The summed E-state index contributed by atoms with van der Waals surface area (Å²) in [6.45, 7) is 1.47. The molecule has 1 heterocycles. The maximum Gasteiger partial charge on any atom is 0.328 e. The molecule has 2 N–H and O–H groups in total. The van der Waals surface area contributed by atoms with Gasteiger partial charge in [-0.3, -0.25) is 9.48 Å². The number of anilines is 1. The summed E-state index contributed by atoms with van der Waals surface area (Å²) in [6, 6.07) is 3.79. The Hall–Kier alpha value is -2.05. The fourth-order valence-corrected chi connectivity index (χ4v) is 2.14. The van der Waals surface area contributed by atoms with Crippen LogP contribution in [0.25, 0.3) is 0 Å². The molecular formula is C13H11Cl2N3O3. The van der Waals surface area contributed by atoms with Gasteiger partial charge in [-0.15, -0.1) is 0 Å². The Morgan fingerprint density at radius 2 is 1.90 bits per heavy atom. The van der Waals surface area contributed by atoms with Crippen molar-refractivity contribution in [1.82, 2.24) is 9.78 Å². The number of rotatable bonds is 4. The molecule has 110 valence electrons. The molecule has 1 unspecified atom stereocenters. The molecule has 1 amide bonds. The lowest BCUT2D eigenvalue weighted by Crippen LogP contribution is -2.16. The van der Waals surface area contributed by atoms with Crippen LogP contribution < -0.4 is 5.32 Å². The summed E-state index contributed by atoms with van der Waals surface area (Å²) in [5.41, 5.74) is 0.677. The smallest absolute Gasteiger partial charge is 0.328 e. The van der Waals surface area contributed by atoms with Crippen molar-refractivity contribution in [1.29, 1.82) is 0 Å². The molecule has 0 bridgehead atoms. The van der Waals surface area contributed by atoms with Gasteiger partial charge in [0.05, 0.1) is 11.8 Å². The number of aromatic nitrogens is 2. The third kappa shape index (κ3) is 3.74. The number of carbonyl (C=O) groups excluding carboxylic acids is 1. The summed E-state index contributed by atoms with van der Waals surface area (Å²) >= 11 is 11.7. The van der Waals surface area contributed by atoms with Crippen molar-refractivity contribution in [2.24, 2.45) is 0 Å². The lowest BCUT2D eigenvalue weighted by molar-refractivity contribution is -0.140. The molecule has 6 nitrogen and oxygen atoms in total. The number of carbonyl (C=O) groups is 2. The second kappa shape index (κ2) is 6.15. The third-order valence-electron chi connectivity index (χ3n) is 2.74. The second-order valence-corrected chi connectivity index (χ2v) is 5.21. The van der Waals surface area contributed by atoms with Gasteiger partial charge in [0.25, 0.3) is 5.91 Å². The average molecular weight is 328 g/mol. The molecule has 0 aliphatic rings. The van der Waals surface area contributed by atoms with Gasteiger partial charge in [0, 0.05) is 21.9 Å². The number of hydrogen-bond acceptors (Lipinski definition) is 3. The SMILES string of the molecule is CC(C(=O)O)n1cc(C(=O)Nc2cc(Cl)cc(Cl)c2)cn1. The zero-order chi connectivity index (χ0) is 15.6. The molecular weight excluding hydrogens is 317 g/mol. The van der Waals surface area contributed by atoms with Crippen LogP contribution >= 0.6 is 23.2 Å². The summed E-state index contributed by atoms with van der Waals surface area (Å²) in [5, 5.41) is 16.2. The van der Waals surface area contributed by atoms with Gasteiger partial charge in [0.2, 0.25) is 0 Å². The third-order valence-corrected chi connectivity index (χ3v) is 3.17. The second-order valence-electron chi connectivity index (χ2n) is 4.34. The largest absolute Gasteiger partial charge is 0.480 e. The van der Waals surface area contributed by atoms with Crippen molar-refractivity contribution in [2.75, 3.05) is 5.32 Å². The first kappa shape index (κ1) is 15.3. The summed E-state index contributed by atoms with van der Waals surface area (Å²) in [4.78, 5) is 22.9. The van der Waals surface area contributed by atoms with E-state index in [9.17, 15) is 9.59 Å². The van der Waals surface area contributed by atoms with E-state index in [1.54, 1.807) is 18.2 Å². The van der Waals surface area contributed by atoms with Crippen molar-refractivity contribution >= 4 is 40.8 Å². The van der Waals surface area contributed by atoms with E-state index in [0.29, 0.717) is 15.7 Å². The Balaban J connectivity index is 2.15. The molecule has 0 fully saturated rings. The van der Waals surface area contributed by atoms with E-state index >= 15 is 0 Å². The van der Waals surface area contributed by atoms with Crippen molar-refractivity contribution in [3.05, 3.63) is 46.2 Å². The maximum absolute atomic E-state index is 12.0. The number of hydrogen-bond donors (Lipinski definition) is 2. The maximum atomic E-state index is 12.0. The highest BCUT2D eigenvalue weighted by atomic mass is 35.5. The van der Waals surface area contributed by atoms with Gasteiger partial charge in [-0.2, -0.15) is 5.10 Å². The van der Waals surface area contributed by atoms with Gasteiger partial charge in [-0.1, -0.05) is 23.2 Å². The molecule has 21 heavy (non-hydrogen) atoms. The summed E-state index contributed by atoms with van der Waals surface area (Å²) in [7, 11) is 0. The topological polar surface area (TPSA) is 84.2 Å². The lowest BCUT2D eigenvalue weighted by Gasteiger charge is -2.06. The van der Waals surface area contributed by atoms with Crippen molar-refractivity contribution in [3.63, 3.8) is 0 Å². The van der Waals surface area contributed by atoms with Crippen LogP contribution in [-0.4, -0.2) is 26.8 Å². The first-order chi connectivity index (χ1) is 9.86. The molecule has 2 aromatic rings. The predicted octanol–water partition coefficient (Wildman–Crippen LogP) is 3.09. The number of amides is 1. The molecule has 0 saturated heterocycles. The molecule has 1 atom stereocenters. The Kier molecular flexibility index (Phi) is 4.50. The molecule has 0 spiro atoms. The normalized spacial score (nSPS) is 12.0. The first-order valence-electron chi connectivity index (χ1n) is 5.91. The van der Waals surface area contributed by atoms with E-state index in [1.807, 2.05) is 0 Å². The summed E-state index contributed by atoms with van der Waals surface area (Å²) in [6.07, 6.45) is 2.65. The number of nitrogens with one attached hydrogen (secondary N) is 1. The van der Waals surface area contributed by atoms with Crippen molar-refractivity contribution < 1.29 is 14.7 Å². The average Bonchev–Trinajstić information content (AvgIpc) is 2.85. The van der Waals surface area contributed by atoms with E-state index in [0.717, 1.165) is 0 Å². The van der Waals surface area contributed by atoms with Crippen LogP contribution in [0.4, 0.5) is 5.69 Å². The predicted molar refractivity (Wildman–Crippen MR) is 79.0 cm³/mol. The molecule has 1 aromatic heterocycles. The van der Waals surface area contributed by atoms with Gasteiger partial charge in [-0.25, -0.2) is 4.79 Å². The van der Waals surface area contributed by atoms with E-state index in [1.165, 1.54) is 24.0 Å². The van der Waals surface area contributed by atoms with Gasteiger partial charge in [-0.05, 0) is 25.1 Å². The van der Waals surface area contributed by atoms with Gasteiger partial charge >= 0.3 is 5.97 Å². The number of nitrogens with zero attached hydrogens (tertiary/aromatic N) is 2. The summed E-state index contributed by atoms with van der Waals surface area (Å²) < 4.78 is 1.20. The monoisotopic (exact) mass is 327 g/mol. The number of benzene rings is 1. The van der Waals surface area contributed by atoms with Crippen LogP contribution in [0.3, 0.4) is 0 Å². The molecule has 0 saturated carbocycles. The van der Waals surface area contributed by atoms with Gasteiger partial charge < -0.3 is 10.4 Å². The molecule has 0 aliphatic carbocycles. The number of aliphatic carboxylic acids is 1. The van der Waals surface area contributed by atoms with E-state index in [4.69, 9.17) is 28.3 Å². The first-order valence-corrected chi connectivity index (χ1v) is 6.67. The minimum absolute atomic E-state index is 0.235. The molecule has 1 aromatic carbocycles. The van der Waals surface area contributed by atoms with Gasteiger partial charge in [0.1, 0.15) is 6.04 Å². The quantitative estimate of drug-likeness (QED) is 0.903. The highest BCUT2D eigenvalue weighted by molar-refractivity contribution is 6.35. The van der Waals surface area contributed by atoms with Crippen molar-refractivity contribution in [2.45, 2.75) is 13.0 Å². The van der Waals surface area contributed by atoms with Gasteiger partial charge in [0.15, 0.2) is 0 Å². The number of carboxylic acids is 1. The zero-order valence-electron chi connectivity index (χ0n) is 10.9. The highest BCUT2D eigenvalue weighted by Gasteiger charge is 2.16. The molecule has 0 aliphatic heterocycles. The van der Waals surface area contributed by atoms with E-state index in [2.05, 4.69) is 10.4 Å². The van der Waals surface area contributed by atoms with E-state index < -0.39 is 17.9 Å². The minimum Gasteiger partial charge on any atom is -0.480 e.